The number of hydrogen-bond acceptors (Lipinski definition) is 3. The zero-order valence-electron chi connectivity index (χ0n) is 12.9. The SMILES string of the molecule is CC1CC1N1CC(NC(=O)C(N)Cc2ccccc2)CC1=O. The molecule has 118 valence electrons. The summed E-state index contributed by atoms with van der Waals surface area (Å²) in [5.74, 6) is 0.572. The van der Waals surface area contributed by atoms with Gasteiger partial charge in [0.2, 0.25) is 11.8 Å². The lowest BCUT2D eigenvalue weighted by Gasteiger charge is -2.18. The average Bonchev–Trinajstić information content (AvgIpc) is 3.10. The smallest absolute Gasteiger partial charge is 0.237 e. The number of amides is 2. The molecule has 22 heavy (non-hydrogen) atoms. The first-order chi connectivity index (χ1) is 10.5. The Kier molecular flexibility index (Phi) is 4.16. The number of carbonyl (C=O) groups excluding carboxylic acids is 2. The van der Waals surface area contributed by atoms with Crippen LogP contribution in [0, 0.1) is 5.92 Å². The van der Waals surface area contributed by atoms with Gasteiger partial charge in [-0.15, -0.1) is 0 Å². The largest absolute Gasteiger partial charge is 0.350 e. The summed E-state index contributed by atoms with van der Waals surface area (Å²) in [6.07, 6.45) is 1.99. The van der Waals surface area contributed by atoms with Crippen LogP contribution < -0.4 is 11.1 Å². The third-order valence-electron chi connectivity index (χ3n) is 4.61. The number of rotatable bonds is 5. The number of carbonyl (C=O) groups is 2. The first-order valence-electron chi connectivity index (χ1n) is 7.94. The van der Waals surface area contributed by atoms with E-state index in [1.807, 2.05) is 35.2 Å². The van der Waals surface area contributed by atoms with Crippen molar-refractivity contribution in [2.24, 2.45) is 11.7 Å². The molecule has 4 atom stereocenters. The molecular weight excluding hydrogens is 278 g/mol. The molecule has 1 aliphatic heterocycles. The molecule has 2 amide bonds. The van der Waals surface area contributed by atoms with Crippen molar-refractivity contribution in [2.75, 3.05) is 6.54 Å². The van der Waals surface area contributed by atoms with E-state index in [9.17, 15) is 9.59 Å². The van der Waals surface area contributed by atoms with Gasteiger partial charge in [0.1, 0.15) is 0 Å². The van der Waals surface area contributed by atoms with E-state index < -0.39 is 6.04 Å². The normalized spacial score (nSPS) is 28.5. The van der Waals surface area contributed by atoms with Crippen LogP contribution in [0.25, 0.3) is 0 Å². The third kappa shape index (κ3) is 3.30. The number of nitrogens with zero attached hydrogens (tertiary/aromatic N) is 1. The Balaban J connectivity index is 1.50. The first-order valence-corrected chi connectivity index (χ1v) is 7.94. The predicted molar refractivity (Wildman–Crippen MR) is 84.0 cm³/mol. The second-order valence-corrected chi connectivity index (χ2v) is 6.53. The van der Waals surface area contributed by atoms with Crippen molar-refractivity contribution in [1.82, 2.24) is 10.2 Å². The highest BCUT2D eigenvalue weighted by Gasteiger charge is 2.44. The van der Waals surface area contributed by atoms with E-state index in [0.29, 0.717) is 31.3 Å². The Labute approximate surface area is 130 Å². The molecule has 4 unspecified atom stereocenters. The molecule has 1 saturated carbocycles. The Morgan fingerprint density at radius 2 is 2.09 bits per heavy atom. The molecule has 0 aromatic heterocycles. The second kappa shape index (κ2) is 6.08. The van der Waals surface area contributed by atoms with Crippen molar-refractivity contribution in [3.8, 4) is 0 Å². The number of benzene rings is 1. The number of nitrogens with two attached hydrogens (primary N) is 1. The van der Waals surface area contributed by atoms with E-state index in [1.165, 1.54) is 0 Å². The van der Waals surface area contributed by atoms with Gasteiger partial charge in [-0.3, -0.25) is 9.59 Å². The highest BCUT2D eigenvalue weighted by atomic mass is 16.2. The van der Waals surface area contributed by atoms with Crippen molar-refractivity contribution in [3.63, 3.8) is 0 Å². The molecule has 0 spiro atoms. The Bertz CT molecular complexity index is 560. The minimum absolute atomic E-state index is 0.102. The first kappa shape index (κ1) is 15.0. The van der Waals surface area contributed by atoms with Crippen molar-refractivity contribution in [3.05, 3.63) is 35.9 Å². The minimum atomic E-state index is -0.577. The zero-order chi connectivity index (χ0) is 15.7. The van der Waals surface area contributed by atoms with Crippen LogP contribution in [0.15, 0.2) is 30.3 Å². The molecule has 0 bridgehead atoms. The van der Waals surface area contributed by atoms with Gasteiger partial charge in [-0.1, -0.05) is 37.3 Å². The van der Waals surface area contributed by atoms with Gasteiger partial charge < -0.3 is 16.0 Å². The van der Waals surface area contributed by atoms with Crippen molar-refractivity contribution < 1.29 is 9.59 Å². The van der Waals surface area contributed by atoms with Gasteiger partial charge in [0.25, 0.3) is 0 Å². The summed E-state index contributed by atoms with van der Waals surface area (Å²) in [6.45, 7) is 2.78. The molecule has 5 heteroatoms. The third-order valence-corrected chi connectivity index (χ3v) is 4.61. The molecule has 3 rings (SSSR count). The van der Waals surface area contributed by atoms with Crippen LogP contribution in [0.3, 0.4) is 0 Å². The summed E-state index contributed by atoms with van der Waals surface area (Å²) < 4.78 is 0. The number of hydrogen-bond donors (Lipinski definition) is 2. The predicted octanol–water partition coefficient (Wildman–Crippen LogP) is 0.682. The molecule has 1 aromatic carbocycles. The maximum atomic E-state index is 12.2. The molecule has 1 aliphatic carbocycles. The molecule has 0 radical (unpaired) electrons. The van der Waals surface area contributed by atoms with Gasteiger partial charge in [0, 0.05) is 19.0 Å². The summed E-state index contributed by atoms with van der Waals surface area (Å²) in [7, 11) is 0. The molecule has 3 N–H and O–H groups in total. The molecule has 2 aliphatic rings. The number of nitrogens with one attached hydrogen (secondary N) is 1. The number of likely N-dealkylation sites (tertiary alicyclic amines) is 1. The Hall–Kier alpha value is -1.88. The summed E-state index contributed by atoms with van der Waals surface area (Å²) in [5, 5.41) is 2.93. The summed E-state index contributed by atoms with van der Waals surface area (Å²) >= 11 is 0. The lowest BCUT2D eigenvalue weighted by Crippen LogP contribution is -2.47. The van der Waals surface area contributed by atoms with Gasteiger partial charge in [0.15, 0.2) is 0 Å². The van der Waals surface area contributed by atoms with Crippen molar-refractivity contribution >= 4 is 11.8 Å². The molecule has 1 heterocycles. The van der Waals surface area contributed by atoms with Crippen LogP contribution in [0.1, 0.15) is 25.3 Å². The zero-order valence-corrected chi connectivity index (χ0v) is 12.9. The van der Waals surface area contributed by atoms with Crippen LogP contribution in [-0.4, -0.2) is 41.4 Å². The van der Waals surface area contributed by atoms with Crippen LogP contribution in [0.4, 0.5) is 0 Å². The maximum Gasteiger partial charge on any atom is 0.237 e. The van der Waals surface area contributed by atoms with E-state index in [0.717, 1.165) is 12.0 Å². The molecule has 1 aromatic rings. The lowest BCUT2D eigenvalue weighted by molar-refractivity contribution is -0.128. The highest BCUT2D eigenvalue weighted by molar-refractivity contribution is 5.85. The Morgan fingerprint density at radius 1 is 1.41 bits per heavy atom. The highest BCUT2D eigenvalue weighted by Crippen LogP contribution is 2.37. The minimum Gasteiger partial charge on any atom is -0.350 e. The summed E-state index contributed by atoms with van der Waals surface area (Å²) in [6, 6.07) is 9.43. The fourth-order valence-electron chi connectivity index (χ4n) is 3.15. The van der Waals surface area contributed by atoms with Crippen molar-refractivity contribution in [2.45, 2.75) is 44.3 Å². The molecular formula is C17H23N3O2. The van der Waals surface area contributed by atoms with Gasteiger partial charge in [-0.05, 0) is 24.3 Å². The topological polar surface area (TPSA) is 75.4 Å². The second-order valence-electron chi connectivity index (χ2n) is 6.53. The Morgan fingerprint density at radius 3 is 2.73 bits per heavy atom. The van der Waals surface area contributed by atoms with Crippen LogP contribution in [0.5, 0.6) is 0 Å². The fraction of sp³-hybridized carbons (Fsp3) is 0.529. The molecule has 1 saturated heterocycles. The van der Waals surface area contributed by atoms with E-state index >= 15 is 0 Å². The van der Waals surface area contributed by atoms with E-state index in [4.69, 9.17) is 5.73 Å². The van der Waals surface area contributed by atoms with Gasteiger partial charge in [-0.2, -0.15) is 0 Å². The van der Waals surface area contributed by atoms with Gasteiger partial charge >= 0.3 is 0 Å². The standard InChI is InChI=1S/C17H23N3O2/c1-11-7-15(11)20-10-13(9-16(20)21)19-17(22)14(18)8-12-5-3-2-4-6-12/h2-6,11,13-15H,7-10,18H2,1H3,(H,19,22). The van der Waals surface area contributed by atoms with E-state index in [2.05, 4.69) is 12.2 Å². The quantitative estimate of drug-likeness (QED) is 0.840. The van der Waals surface area contributed by atoms with Gasteiger partial charge in [-0.25, -0.2) is 0 Å². The maximum absolute atomic E-state index is 12.2. The lowest BCUT2D eigenvalue weighted by atomic mass is 10.1. The fourth-order valence-corrected chi connectivity index (χ4v) is 3.15. The summed E-state index contributed by atoms with van der Waals surface area (Å²) in [4.78, 5) is 26.1. The molecule has 2 fully saturated rings. The van der Waals surface area contributed by atoms with E-state index in [-0.39, 0.29) is 17.9 Å². The van der Waals surface area contributed by atoms with Crippen LogP contribution in [-0.2, 0) is 16.0 Å². The molecule has 5 nitrogen and oxygen atoms in total. The van der Waals surface area contributed by atoms with E-state index in [1.54, 1.807) is 0 Å². The van der Waals surface area contributed by atoms with Gasteiger partial charge in [0.05, 0.1) is 12.1 Å². The van der Waals surface area contributed by atoms with Crippen LogP contribution in [0.2, 0.25) is 0 Å². The summed E-state index contributed by atoms with van der Waals surface area (Å²) in [5.41, 5.74) is 7.02. The monoisotopic (exact) mass is 301 g/mol. The van der Waals surface area contributed by atoms with Crippen molar-refractivity contribution in [1.29, 1.82) is 0 Å². The van der Waals surface area contributed by atoms with Crippen LogP contribution >= 0.6 is 0 Å². The average molecular weight is 301 g/mol.